The van der Waals surface area contributed by atoms with Crippen LogP contribution in [-0.4, -0.2) is 24.5 Å². The Bertz CT molecular complexity index is 925. The average Bonchev–Trinajstić information content (AvgIpc) is 2.90. The van der Waals surface area contributed by atoms with Gasteiger partial charge in [-0.15, -0.1) is 0 Å². The van der Waals surface area contributed by atoms with Crippen LogP contribution in [0.3, 0.4) is 0 Å². The van der Waals surface area contributed by atoms with Gasteiger partial charge in [-0.1, -0.05) is 0 Å². The third kappa shape index (κ3) is 3.35. The number of benzene rings is 1. The summed E-state index contributed by atoms with van der Waals surface area (Å²) in [6, 6.07) is 8.46. The van der Waals surface area contributed by atoms with Gasteiger partial charge < -0.3 is 19.5 Å². The lowest BCUT2D eigenvalue weighted by Crippen LogP contribution is -2.26. The first kappa shape index (κ1) is 16.3. The summed E-state index contributed by atoms with van der Waals surface area (Å²) in [6.45, 7) is 0.445. The Morgan fingerprint density at radius 3 is 2.88 bits per heavy atom. The van der Waals surface area contributed by atoms with E-state index in [0.29, 0.717) is 18.5 Å². The van der Waals surface area contributed by atoms with Gasteiger partial charge in [0.15, 0.2) is 0 Å². The number of carbonyl (C=O) groups is 1. The molecule has 0 saturated heterocycles. The van der Waals surface area contributed by atoms with Crippen molar-refractivity contribution < 1.29 is 13.9 Å². The van der Waals surface area contributed by atoms with Crippen LogP contribution in [0.1, 0.15) is 15.9 Å². The Balaban J connectivity index is 1.71. The smallest absolute Gasteiger partial charge is 0.335 e. The first-order valence-electron chi connectivity index (χ1n) is 7.29. The van der Waals surface area contributed by atoms with E-state index < -0.39 is 5.63 Å². The van der Waals surface area contributed by atoms with E-state index in [-0.39, 0.29) is 5.91 Å². The fraction of sp³-hybridized carbons (Fsp3) is 0.176. The number of methoxy groups -OCH3 is 1. The number of H-pyrrole nitrogens is 1. The van der Waals surface area contributed by atoms with E-state index in [1.54, 1.807) is 7.11 Å². The third-order valence-corrected chi connectivity index (χ3v) is 4.36. The number of carbonyl (C=O) groups excluding carboxylic acids is 1. The zero-order valence-electron chi connectivity index (χ0n) is 12.9. The Kier molecular flexibility index (Phi) is 4.71. The first-order valence-corrected chi connectivity index (χ1v) is 8.09. The Hall–Kier alpha value is -2.54. The van der Waals surface area contributed by atoms with Crippen molar-refractivity contribution >= 4 is 32.7 Å². The molecule has 124 valence electrons. The Morgan fingerprint density at radius 2 is 2.17 bits per heavy atom. The topological polar surface area (TPSA) is 84.3 Å². The highest BCUT2D eigenvalue weighted by Gasteiger charge is 2.12. The zero-order valence-corrected chi connectivity index (χ0v) is 14.5. The van der Waals surface area contributed by atoms with Gasteiger partial charge in [-0.25, -0.2) is 4.79 Å². The van der Waals surface area contributed by atoms with Crippen molar-refractivity contribution in [3.05, 3.63) is 62.7 Å². The van der Waals surface area contributed by atoms with Gasteiger partial charge in [0.25, 0.3) is 5.91 Å². The molecule has 6 nitrogen and oxygen atoms in total. The molecule has 2 aromatic heterocycles. The van der Waals surface area contributed by atoms with Gasteiger partial charge in [0.1, 0.15) is 12.0 Å². The van der Waals surface area contributed by atoms with E-state index >= 15 is 0 Å². The standard InChI is InChI=1S/C17H15BrN2O4/c1-23-11-3-4-14-13(8-11)12(16(18)20-14)6-7-19-17(22)10-2-5-15(21)24-9-10/h2-5,8-9,20H,6-7H2,1H3,(H,19,22). The van der Waals surface area contributed by atoms with Crippen molar-refractivity contribution in [2.45, 2.75) is 6.42 Å². The molecule has 0 aliphatic rings. The summed E-state index contributed by atoms with van der Waals surface area (Å²) in [5.74, 6) is 0.492. The lowest BCUT2D eigenvalue weighted by molar-refractivity contribution is 0.0951. The van der Waals surface area contributed by atoms with E-state index in [9.17, 15) is 9.59 Å². The number of hydrogen-bond donors (Lipinski definition) is 2. The SMILES string of the molecule is COc1ccc2[nH]c(Br)c(CCNC(=O)c3ccc(=O)oc3)c2c1. The van der Waals surface area contributed by atoms with E-state index in [1.165, 1.54) is 12.1 Å². The highest BCUT2D eigenvalue weighted by Crippen LogP contribution is 2.29. The van der Waals surface area contributed by atoms with Crippen molar-refractivity contribution in [2.75, 3.05) is 13.7 Å². The second-order valence-electron chi connectivity index (χ2n) is 5.18. The Labute approximate surface area is 145 Å². The molecule has 0 aliphatic heterocycles. The summed E-state index contributed by atoms with van der Waals surface area (Å²) in [6.07, 6.45) is 1.79. The summed E-state index contributed by atoms with van der Waals surface area (Å²) < 4.78 is 10.8. The van der Waals surface area contributed by atoms with Crippen molar-refractivity contribution in [2.24, 2.45) is 0 Å². The van der Waals surface area contributed by atoms with Gasteiger partial charge in [-0.2, -0.15) is 0 Å². The number of hydrogen-bond acceptors (Lipinski definition) is 4. The number of halogens is 1. The predicted molar refractivity (Wildman–Crippen MR) is 93.6 cm³/mol. The average molecular weight is 391 g/mol. The molecule has 1 amide bonds. The maximum atomic E-state index is 12.0. The second kappa shape index (κ2) is 6.92. The number of nitrogens with one attached hydrogen (secondary N) is 2. The molecule has 3 rings (SSSR count). The minimum atomic E-state index is -0.483. The fourth-order valence-corrected chi connectivity index (χ4v) is 3.08. The predicted octanol–water partition coefficient (Wildman–Crippen LogP) is 2.86. The minimum Gasteiger partial charge on any atom is -0.497 e. The van der Waals surface area contributed by atoms with Crippen molar-refractivity contribution in [1.82, 2.24) is 10.3 Å². The normalized spacial score (nSPS) is 10.8. The van der Waals surface area contributed by atoms with Crippen LogP contribution in [0.5, 0.6) is 5.75 Å². The quantitative estimate of drug-likeness (QED) is 0.701. The van der Waals surface area contributed by atoms with Gasteiger partial charge in [-0.05, 0) is 52.2 Å². The molecule has 2 N–H and O–H groups in total. The molecular formula is C17H15BrN2O4. The molecule has 1 aromatic carbocycles. The van der Waals surface area contributed by atoms with Crippen LogP contribution in [0.2, 0.25) is 0 Å². The maximum Gasteiger partial charge on any atom is 0.335 e. The van der Waals surface area contributed by atoms with E-state index in [0.717, 1.165) is 33.1 Å². The fourth-order valence-electron chi connectivity index (χ4n) is 2.46. The minimum absolute atomic E-state index is 0.285. The van der Waals surface area contributed by atoms with Crippen LogP contribution >= 0.6 is 15.9 Å². The summed E-state index contributed by atoms with van der Waals surface area (Å²) in [4.78, 5) is 26.2. The molecule has 3 aromatic rings. The molecule has 2 heterocycles. The number of amides is 1. The molecule has 0 saturated carbocycles. The van der Waals surface area contributed by atoms with Gasteiger partial charge in [0, 0.05) is 23.5 Å². The monoisotopic (exact) mass is 390 g/mol. The third-order valence-electron chi connectivity index (χ3n) is 3.68. The summed E-state index contributed by atoms with van der Waals surface area (Å²) in [5.41, 5.74) is 1.88. The molecule has 7 heteroatoms. The largest absolute Gasteiger partial charge is 0.497 e. The number of fused-ring (bicyclic) bond motifs is 1. The molecule has 24 heavy (non-hydrogen) atoms. The lowest BCUT2D eigenvalue weighted by atomic mass is 10.1. The van der Waals surface area contributed by atoms with Gasteiger partial charge in [0.05, 0.1) is 17.3 Å². The molecule has 0 bridgehead atoms. The highest BCUT2D eigenvalue weighted by molar-refractivity contribution is 9.10. The second-order valence-corrected chi connectivity index (χ2v) is 5.97. The maximum absolute atomic E-state index is 12.0. The number of rotatable bonds is 5. The molecule has 0 spiro atoms. The van der Waals surface area contributed by atoms with Crippen molar-refractivity contribution in [1.29, 1.82) is 0 Å². The van der Waals surface area contributed by atoms with Crippen LogP contribution in [-0.2, 0) is 6.42 Å². The molecular weight excluding hydrogens is 376 g/mol. The van der Waals surface area contributed by atoms with E-state index in [1.807, 2.05) is 18.2 Å². The van der Waals surface area contributed by atoms with E-state index in [4.69, 9.17) is 9.15 Å². The first-order chi connectivity index (χ1) is 11.6. The van der Waals surface area contributed by atoms with Crippen LogP contribution in [0.15, 0.2) is 50.4 Å². The van der Waals surface area contributed by atoms with Gasteiger partial charge in [0.2, 0.25) is 0 Å². The van der Waals surface area contributed by atoms with Crippen LogP contribution in [0, 0.1) is 0 Å². The number of aromatic amines is 1. The molecule has 0 aliphatic carbocycles. The van der Waals surface area contributed by atoms with Crippen LogP contribution in [0.25, 0.3) is 10.9 Å². The van der Waals surface area contributed by atoms with E-state index in [2.05, 4.69) is 26.2 Å². The van der Waals surface area contributed by atoms with Gasteiger partial charge in [-0.3, -0.25) is 4.79 Å². The molecule has 0 atom stereocenters. The summed E-state index contributed by atoms with van der Waals surface area (Å²) >= 11 is 3.52. The molecule has 0 radical (unpaired) electrons. The summed E-state index contributed by atoms with van der Waals surface area (Å²) in [5, 5.41) is 3.85. The van der Waals surface area contributed by atoms with Gasteiger partial charge >= 0.3 is 5.63 Å². The molecule has 0 fully saturated rings. The van der Waals surface area contributed by atoms with Crippen LogP contribution in [0.4, 0.5) is 0 Å². The molecule has 0 unspecified atom stereocenters. The van der Waals surface area contributed by atoms with Crippen molar-refractivity contribution in [3.63, 3.8) is 0 Å². The summed E-state index contributed by atoms with van der Waals surface area (Å²) in [7, 11) is 1.63. The zero-order chi connectivity index (χ0) is 17.1. The highest BCUT2D eigenvalue weighted by atomic mass is 79.9. The number of aromatic nitrogens is 1. The Morgan fingerprint density at radius 1 is 1.33 bits per heavy atom. The lowest BCUT2D eigenvalue weighted by Gasteiger charge is -2.05. The number of ether oxygens (including phenoxy) is 1. The van der Waals surface area contributed by atoms with Crippen molar-refractivity contribution in [3.8, 4) is 5.75 Å². The van der Waals surface area contributed by atoms with Crippen LogP contribution < -0.4 is 15.7 Å².